The lowest BCUT2D eigenvalue weighted by molar-refractivity contribution is -0.119. The highest BCUT2D eigenvalue weighted by molar-refractivity contribution is 6.27. The Morgan fingerprint density at radius 3 is 2.60 bits per heavy atom. The van der Waals surface area contributed by atoms with Gasteiger partial charge in [0.1, 0.15) is 5.88 Å². The first kappa shape index (κ1) is 11.5. The first-order valence-electron chi connectivity index (χ1n) is 4.52. The molecule has 0 aliphatic rings. The van der Waals surface area contributed by atoms with Crippen molar-refractivity contribution in [1.29, 1.82) is 5.26 Å². The fraction of sp³-hybridized carbons (Fsp3) is 0.273. The van der Waals surface area contributed by atoms with Crippen molar-refractivity contribution in [2.24, 2.45) is 0 Å². The fourth-order valence-electron chi connectivity index (χ4n) is 1.21. The molecular formula is C11H11ClN2O. The Hall–Kier alpha value is -1.53. The largest absolute Gasteiger partial charge is 0.349 e. The molecule has 0 heterocycles. The van der Waals surface area contributed by atoms with E-state index in [-0.39, 0.29) is 17.8 Å². The van der Waals surface area contributed by atoms with Gasteiger partial charge in [0.2, 0.25) is 5.91 Å². The van der Waals surface area contributed by atoms with Gasteiger partial charge in [0.15, 0.2) is 0 Å². The maximum Gasteiger partial charge on any atom is 0.235 e. The molecule has 0 saturated carbocycles. The summed E-state index contributed by atoms with van der Waals surface area (Å²) in [6, 6.07) is 9.02. The molecule has 78 valence electrons. The van der Waals surface area contributed by atoms with E-state index in [1.165, 1.54) is 0 Å². The maximum atomic E-state index is 11.0. The first-order valence-corrected chi connectivity index (χ1v) is 5.06. The van der Waals surface area contributed by atoms with Crippen LogP contribution >= 0.6 is 11.6 Å². The quantitative estimate of drug-likeness (QED) is 0.795. The average molecular weight is 223 g/mol. The summed E-state index contributed by atoms with van der Waals surface area (Å²) in [5, 5.41) is 11.3. The second kappa shape index (κ2) is 5.38. The van der Waals surface area contributed by atoms with Crippen LogP contribution in [-0.4, -0.2) is 11.8 Å². The number of nitrogens with one attached hydrogen (secondary N) is 1. The van der Waals surface area contributed by atoms with Crippen molar-refractivity contribution in [2.75, 3.05) is 5.88 Å². The van der Waals surface area contributed by atoms with E-state index in [0.717, 1.165) is 5.56 Å². The number of rotatable bonds is 3. The van der Waals surface area contributed by atoms with Crippen LogP contribution < -0.4 is 5.32 Å². The van der Waals surface area contributed by atoms with Crippen molar-refractivity contribution in [3.8, 4) is 6.07 Å². The third-order valence-electron chi connectivity index (χ3n) is 2.04. The van der Waals surface area contributed by atoms with E-state index in [4.69, 9.17) is 16.9 Å². The SMILES string of the molecule is C[C@H](NC(=O)CCl)c1ccc(C#N)cc1. The Balaban J connectivity index is 2.70. The Morgan fingerprint density at radius 1 is 1.53 bits per heavy atom. The third-order valence-corrected chi connectivity index (χ3v) is 2.28. The average Bonchev–Trinajstić information content (AvgIpc) is 2.29. The number of amides is 1. The number of halogens is 1. The minimum atomic E-state index is -0.200. The standard InChI is InChI=1S/C11H11ClN2O/c1-8(14-11(15)6-12)10-4-2-9(7-13)3-5-10/h2-5,8H,6H2,1H3,(H,14,15)/t8-/m0/s1. The molecule has 3 nitrogen and oxygen atoms in total. The Morgan fingerprint density at radius 2 is 2.13 bits per heavy atom. The number of alkyl halides is 1. The molecule has 0 fully saturated rings. The zero-order valence-electron chi connectivity index (χ0n) is 8.33. The summed E-state index contributed by atoms with van der Waals surface area (Å²) in [6.07, 6.45) is 0. The van der Waals surface area contributed by atoms with Gasteiger partial charge < -0.3 is 5.32 Å². The van der Waals surface area contributed by atoms with Crippen LogP contribution in [0.2, 0.25) is 0 Å². The van der Waals surface area contributed by atoms with Crippen LogP contribution in [-0.2, 0) is 4.79 Å². The number of carbonyl (C=O) groups is 1. The van der Waals surface area contributed by atoms with Gasteiger partial charge >= 0.3 is 0 Å². The summed E-state index contributed by atoms with van der Waals surface area (Å²) in [4.78, 5) is 11.0. The summed E-state index contributed by atoms with van der Waals surface area (Å²) in [6.45, 7) is 1.87. The number of carbonyl (C=O) groups excluding carboxylic acids is 1. The zero-order chi connectivity index (χ0) is 11.3. The van der Waals surface area contributed by atoms with E-state index in [1.807, 2.05) is 25.1 Å². The highest BCUT2D eigenvalue weighted by atomic mass is 35.5. The molecule has 0 aliphatic carbocycles. The van der Waals surface area contributed by atoms with Crippen molar-refractivity contribution in [1.82, 2.24) is 5.32 Å². The van der Waals surface area contributed by atoms with E-state index in [1.54, 1.807) is 12.1 Å². The summed E-state index contributed by atoms with van der Waals surface area (Å²) in [5.74, 6) is -0.241. The molecule has 0 saturated heterocycles. The van der Waals surface area contributed by atoms with E-state index >= 15 is 0 Å². The Bertz CT molecular complexity index is 381. The Labute approximate surface area is 93.7 Å². The topological polar surface area (TPSA) is 52.9 Å². The lowest BCUT2D eigenvalue weighted by atomic mass is 10.1. The molecule has 0 bridgehead atoms. The van der Waals surface area contributed by atoms with Gasteiger partial charge in [0.25, 0.3) is 0 Å². The molecule has 0 unspecified atom stereocenters. The minimum absolute atomic E-state index is 0.0411. The molecule has 1 aromatic carbocycles. The van der Waals surface area contributed by atoms with Crippen LogP contribution in [0, 0.1) is 11.3 Å². The van der Waals surface area contributed by atoms with Gasteiger partial charge in [-0.25, -0.2) is 0 Å². The first-order chi connectivity index (χ1) is 7.17. The summed E-state index contributed by atoms with van der Waals surface area (Å²) < 4.78 is 0. The second-order valence-electron chi connectivity index (χ2n) is 3.16. The van der Waals surface area contributed by atoms with Gasteiger partial charge in [-0.15, -0.1) is 11.6 Å². The van der Waals surface area contributed by atoms with E-state index in [0.29, 0.717) is 5.56 Å². The molecule has 0 spiro atoms. The molecule has 4 heteroatoms. The van der Waals surface area contributed by atoms with Gasteiger partial charge in [-0.2, -0.15) is 5.26 Å². The molecule has 1 rings (SSSR count). The van der Waals surface area contributed by atoms with Crippen molar-refractivity contribution >= 4 is 17.5 Å². The molecule has 0 aromatic heterocycles. The minimum Gasteiger partial charge on any atom is -0.349 e. The van der Waals surface area contributed by atoms with Gasteiger partial charge in [0, 0.05) is 0 Å². The van der Waals surface area contributed by atoms with Crippen LogP contribution in [0.25, 0.3) is 0 Å². The van der Waals surface area contributed by atoms with Crippen LogP contribution in [0.3, 0.4) is 0 Å². The Kier molecular flexibility index (Phi) is 4.14. The monoisotopic (exact) mass is 222 g/mol. The predicted molar refractivity (Wildman–Crippen MR) is 58.4 cm³/mol. The third kappa shape index (κ3) is 3.26. The maximum absolute atomic E-state index is 11.0. The summed E-state index contributed by atoms with van der Waals surface area (Å²) in [5.41, 5.74) is 1.56. The summed E-state index contributed by atoms with van der Waals surface area (Å²) in [7, 11) is 0. The highest BCUT2D eigenvalue weighted by Crippen LogP contribution is 2.12. The van der Waals surface area contributed by atoms with Gasteiger partial charge in [-0.1, -0.05) is 12.1 Å². The molecule has 1 atom stereocenters. The van der Waals surface area contributed by atoms with Gasteiger partial charge in [-0.3, -0.25) is 4.79 Å². The molecule has 1 amide bonds. The molecule has 1 aromatic rings. The van der Waals surface area contributed by atoms with Crippen molar-refractivity contribution in [3.63, 3.8) is 0 Å². The van der Waals surface area contributed by atoms with Crippen LogP contribution in [0.4, 0.5) is 0 Å². The number of nitriles is 1. The normalized spacial score (nSPS) is 11.5. The summed E-state index contributed by atoms with van der Waals surface area (Å²) >= 11 is 5.38. The molecule has 1 N–H and O–H groups in total. The van der Waals surface area contributed by atoms with Crippen molar-refractivity contribution in [3.05, 3.63) is 35.4 Å². The van der Waals surface area contributed by atoms with E-state index in [2.05, 4.69) is 5.32 Å². The fourth-order valence-corrected chi connectivity index (χ4v) is 1.29. The van der Waals surface area contributed by atoms with Crippen LogP contribution in [0.15, 0.2) is 24.3 Å². The smallest absolute Gasteiger partial charge is 0.235 e. The van der Waals surface area contributed by atoms with E-state index < -0.39 is 0 Å². The molecule has 0 radical (unpaired) electrons. The van der Waals surface area contributed by atoms with Crippen molar-refractivity contribution in [2.45, 2.75) is 13.0 Å². The number of nitrogens with zero attached hydrogens (tertiary/aromatic N) is 1. The molecule has 15 heavy (non-hydrogen) atoms. The van der Waals surface area contributed by atoms with Crippen molar-refractivity contribution < 1.29 is 4.79 Å². The lowest BCUT2D eigenvalue weighted by Crippen LogP contribution is -2.27. The predicted octanol–water partition coefficient (Wildman–Crippen LogP) is 1.97. The van der Waals surface area contributed by atoms with Crippen LogP contribution in [0.1, 0.15) is 24.1 Å². The van der Waals surface area contributed by atoms with Gasteiger partial charge in [0.05, 0.1) is 17.7 Å². The molecule has 0 aliphatic heterocycles. The highest BCUT2D eigenvalue weighted by Gasteiger charge is 2.07. The van der Waals surface area contributed by atoms with E-state index in [9.17, 15) is 4.79 Å². The number of hydrogen-bond donors (Lipinski definition) is 1. The molecular weight excluding hydrogens is 212 g/mol. The zero-order valence-corrected chi connectivity index (χ0v) is 9.08. The van der Waals surface area contributed by atoms with Gasteiger partial charge in [-0.05, 0) is 24.6 Å². The number of benzene rings is 1. The van der Waals surface area contributed by atoms with Crippen LogP contribution in [0.5, 0.6) is 0 Å². The lowest BCUT2D eigenvalue weighted by Gasteiger charge is -2.13. The number of hydrogen-bond acceptors (Lipinski definition) is 2. The second-order valence-corrected chi connectivity index (χ2v) is 3.42.